The van der Waals surface area contributed by atoms with E-state index in [0.717, 1.165) is 0 Å². The zero-order valence-electron chi connectivity index (χ0n) is 10.2. The summed E-state index contributed by atoms with van der Waals surface area (Å²) in [6.07, 6.45) is 0. The third-order valence-electron chi connectivity index (χ3n) is 2.77. The van der Waals surface area contributed by atoms with Gasteiger partial charge >= 0.3 is 0 Å². The minimum Gasteiger partial charge on any atom is -0.399 e. The Kier molecular flexibility index (Phi) is 3.08. The number of halogens is 2. The average molecular weight is 290 g/mol. The molecule has 0 unspecified atom stereocenters. The largest absolute Gasteiger partial charge is 0.399 e. The van der Waals surface area contributed by atoms with Crippen LogP contribution in [0.2, 0.25) is 5.02 Å². The zero-order chi connectivity index (χ0) is 14.1. The van der Waals surface area contributed by atoms with Crippen molar-refractivity contribution in [3.05, 3.63) is 53.3 Å². The van der Waals surface area contributed by atoms with Gasteiger partial charge in [-0.25, -0.2) is 4.39 Å². The molecule has 5 nitrogen and oxygen atoms in total. The van der Waals surface area contributed by atoms with Crippen LogP contribution in [0.25, 0.3) is 17.1 Å². The molecule has 0 fully saturated rings. The highest BCUT2D eigenvalue weighted by molar-refractivity contribution is 6.33. The highest BCUT2D eigenvalue weighted by atomic mass is 35.5. The number of anilines is 1. The molecule has 0 saturated carbocycles. The fourth-order valence-corrected chi connectivity index (χ4v) is 2.10. The Balaban J connectivity index is 2.12. The minimum atomic E-state index is -0.325. The van der Waals surface area contributed by atoms with Crippen LogP contribution in [-0.4, -0.2) is 20.2 Å². The monoisotopic (exact) mass is 289 g/mol. The number of nitrogens with two attached hydrogens (primary N) is 1. The van der Waals surface area contributed by atoms with E-state index in [1.54, 1.807) is 30.3 Å². The molecular formula is C13H9ClFN5. The number of rotatable bonds is 2. The van der Waals surface area contributed by atoms with Gasteiger partial charge in [-0.3, -0.25) is 0 Å². The number of hydrogen-bond acceptors (Lipinski definition) is 4. The summed E-state index contributed by atoms with van der Waals surface area (Å²) in [7, 11) is 0. The third-order valence-corrected chi connectivity index (χ3v) is 3.09. The van der Waals surface area contributed by atoms with Gasteiger partial charge in [-0.05, 0) is 52.9 Å². The first-order chi connectivity index (χ1) is 9.65. The van der Waals surface area contributed by atoms with Crippen LogP contribution in [0.5, 0.6) is 0 Å². The molecule has 0 aliphatic heterocycles. The number of benzene rings is 2. The lowest BCUT2D eigenvalue weighted by Crippen LogP contribution is -2.00. The van der Waals surface area contributed by atoms with Crippen LogP contribution in [0.4, 0.5) is 10.1 Å². The number of nitrogens with zero attached hydrogens (tertiary/aromatic N) is 4. The van der Waals surface area contributed by atoms with Crippen molar-refractivity contribution in [3.63, 3.8) is 0 Å². The quantitative estimate of drug-likeness (QED) is 0.736. The Morgan fingerprint density at radius 3 is 2.55 bits per heavy atom. The Morgan fingerprint density at radius 2 is 1.85 bits per heavy atom. The predicted octanol–water partition coefficient (Wildman–Crippen LogP) is 2.70. The third kappa shape index (κ3) is 2.21. The summed E-state index contributed by atoms with van der Waals surface area (Å²) >= 11 is 6.16. The number of hydrogen-bond donors (Lipinski definition) is 1. The molecule has 1 aromatic heterocycles. The summed E-state index contributed by atoms with van der Waals surface area (Å²) in [6.45, 7) is 0. The average Bonchev–Trinajstić information content (AvgIpc) is 2.88. The predicted molar refractivity (Wildman–Crippen MR) is 74.0 cm³/mol. The van der Waals surface area contributed by atoms with Gasteiger partial charge in [-0.2, -0.15) is 4.68 Å². The molecule has 2 N–H and O–H groups in total. The molecule has 1 heterocycles. The van der Waals surface area contributed by atoms with Crippen LogP contribution in [0.15, 0.2) is 42.5 Å². The van der Waals surface area contributed by atoms with Gasteiger partial charge in [0.2, 0.25) is 0 Å². The van der Waals surface area contributed by atoms with E-state index in [2.05, 4.69) is 15.5 Å². The SMILES string of the molecule is Nc1ccc(-c2nnnn2-c2ccc(F)cc2)c(Cl)c1. The van der Waals surface area contributed by atoms with E-state index in [0.29, 0.717) is 27.8 Å². The van der Waals surface area contributed by atoms with Crippen molar-refractivity contribution in [2.45, 2.75) is 0 Å². The maximum Gasteiger partial charge on any atom is 0.188 e. The molecule has 0 saturated heterocycles. The van der Waals surface area contributed by atoms with E-state index in [4.69, 9.17) is 17.3 Å². The highest BCUT2D eigenvalue weighted by Crippen LogP contribution is 2.28. The summed E-state index contributed by atoms with van der Waals surface area (Å²) in [4.78, 5) is 0. The fourth-order valence-electron chi connectivity index (χ4n) is 1.82. The van der Waals surface area contributed by atoms with E-state index < -0.39 is 0 Å². The van der Waals surface area contributed by atoms with Crippen LogP contribution < -0.4 is 5.73 Å². The summed E-state index contributed by atoms with van der Waals surface area (Å²) in [5, 5.41) is 11.9. The van der Waals surface area contributed by atoms with Gasteiger partial charge in [-0.1, -0.05) is 11.6 Å². The van der Waals surface area contributed by atoms with E-state index >= 15 is 0 Å². The van der Waals surface area contributed by atoms with Gasteiger partial charge in [0.1, 0.15) is 5.82 Å². The maximum atomic E-state index is 13.0. The van der Waals surface area contributed by atoms with E-state index in [9.17, 15) is 4.39 Å². The lowest BCUT2D eigenvalue weighted by atomic mass is 10.2. The fraction of sp³-hybridized carbons (Fsp3) is 0. The molecule has 0 aliphatic carbocycles. The minimum absolute atomic E-state index is 0.325. The molecule has 0 atom stereocenters. The number of aromatic nitrogens is 4. The smallest absolute Gasteiger partial charge is 0.188 e. The van der Waals surface area contributed by atoms with Crippen molar-refractivity contribution >= 4 is 17.3 Å². The second-order valence-electron chi connectivity index (χ2n) is 4.13. The lowest BCUT2D eigenvalue weighted by molar-refractivity contribution is 0.627. The Bertz CT molecular complexity index is 754. The molecule has 0 radical (unpaired) electrons. The summed E-state index contributed by atoms with van der Waals surface area (Å²) in [5.41, 5.74) is 7.50. The second kappa shape index (κ2) is 4.90. The van der Waals surface area contributed by atoms with Crippen LogP contribution in [-0.2, 0) is 0 Å². The molecule has 0 aliphatic rings. The first-order valence-electron chi connectivity index (χ1n) is 5.75. The van der Waals surface area contributed by atoms with Gasteiger partial charge in [0.15, 0.2) is 5.82 Å². The first-order valence-corrected chi connectivity index (χ1v) is 6.12. The molecule has 20 heavy (non-hydrogen) atoms. The number of nitrogen functional groups attached to an aromatic ring is 1. The second-order valence-corrected chi connectivity index (χ2v) is 4.54. The standard InChI is InChI=1S/C13H9ClFN5/c14-12-7-9(16)3-6-11(12)13-17-18-19-20(13)10-4-1-8(15)2-5-10/h1-7H,16H2. The maximum absolute atomic E-state index is 13.0. The van der Waals surface area contributed by atoms with Crippen molar-refractivity contribution in [2.24, 2.45) is 0 Å². The van der Waals surface area contributed by atoms with E-state index in [1.807, 2.05) is 0 Å². The summed E-state index contributed by atoms with van der Waals surface area (Å²) in [6, 6.07) is 10.9. The van der Waals surface area contributed by atoms with Crippen LogP contribution in [0.1, 0.15) is 0 Å². The highest BCUT2D eigenvalue weighted by Gasteiger charge is 2.14. The number of tetrazole rings is 1. The van der Waals surface area contributed by atoms with Crippen molar-refractivity contribution in [2.75, 3.05) is 5.73 Å². The van der Waals surface area contributed by atoms with Gasteiger partial charge in [-0.15, -0.1) is 5.10 Å². The van der Waals surface area contributed by atoms with Crippen LogP contribution in [0, 0.1) is 5.82 Å². The van der Waals surface area contributed by atoms with E-state index in [-0.39, 0.29) is 5.82 Å². The first kappa shape index (κ1) is 12.6. The molecule has 3 rings (SSSR count). The van der Waals surface area contributed by atoms with Gasteiger partial charge in [0.25, 0.3) is 0 Å². The Hall–Kier alpha value is -2.47. The topological polar surface area (TPSA) is 69.6 Å². The molecular weight excluding hydrogens is 281 g/mol. The Morgan fingerprint density at radius 1 is 1.10 bits per heavy atom. The molecule has 2 aromatic carbocycles. The summed E-state index contributed by atoms with van der Waals surface area (Å²) in [5.74, 6) is 0.135. The van der Waals surface area contributed by atoms with Gasteiger partial charge < -0.3 is 5.73 Å². The van der Waals surface area contributed by atoms with Crippen molar-refractivity contribution in [3.8, 4) is 17.1 Å². The van der Waals surface area contributed by atoms with E-state index in [1.165, 1.54) is 16.8 Å². The molecule has 7 heteroatoms. The van der Waals surface area contributed by atoms with Crippen molar-refractivity contribution in [1.82, 2.24) is 20.2 Å². The molecule has 0 spiro atoms. The molecule has 3 aromatic rings. The Labute approximate surface area is 118 Å². The lowest BCUT2D eigenvalue weighted by Gasteiger charge is -2.06. The van der Waals surface area contributed by atoms with Crippen LogP contribution >= 0.6 is 11.6 Å². The van der Waals surface area contributed by atoms with Crippen molar-refractivity contribution in [1.29, 1.82) is 0 Å². The zero-order valence-corrected chi connectivity index (χ0v) is 10.9. The van der Waals surface area contributed by atoms with Gasteiger partial charge in [0.05, 0.1) is 10.7 Å². The van der Waals surface area contributed by atoms with Gasteiger partial charge in [0, 0.05) is 11.3 Å². The molecule has 0 bridgehead atoms. The van der Waals surface area contributed by atoms with Crippen molar-refractivity contribution < 1.29 is 4.39 Å². The molecule has 0 amide bonds. The summed E-state index contributed by atoms with van der Waals surface area (Å²) < 4.78 is 14.4. The van der Waals surface area contributed by atoms with Crippen LogP contribution in [0.3, 0.4) is 0 Å². The normalized spacial score (nSPS) is 10.7. The molecule has 100 valence electrons.